The number of nitrogens with zero attached hydrogens (tertiary/aromatic N) is 2. The zero-order valence-electron chi connectivity index (χ0n) is 15.2. The summed E-state index contributed by atoms with van der Waals surface area (Å²) in [5, 5.41) is 17.4. The monoisotopic (exact) mass is 432 g/mol. The van der Waals surface area contributed by atoms with Crippen molar-refractivity contribution in [3.05, 3.63) is 75.2 Å². The topological polar surface area (TPSA) is 114 Å². The van der Waals surface area contributed by atoms with Gasteiger partial charge in [-0.15, -0.1) is 11.3 Å². The minimum absolute atomic E-state index is 0.0119. The Kier molecular flexibility index (Phi) is 6.42. The summed E-state index contributed by atoms with van der Waals surface area (Å²) in [5.41, 5.74) is 0.274. The van der Waals surface area contributed by atoms with Crippen LogP contribution in [-0.2, 0) is 4.79 Å². The number of nitro benzene ring substituents is 1. The Morgan fingerprint density at radius 3 is 2.57 bits per heavy atom. The molecule has 154 valence electrons. The predicted molar refractivity (Wildman–Crippen MR) is 106 cm³/mol. The fourth-order valence-corrected chi connectivity index (χ4v) is 3.18. The standard InChI is InChI=1S/C19H14F2N4O4S/c20-12-3-6-15(21)14(9-12)16-10-30-19(23-16)24-17(26)7-8-22-18(27)11-1-4-13(5-2-11)25(28)29/h1-6,9-10H,7-8H2,(H,22,27)(H,23,24,26). The first kappa shape index (κ1) is 21.0. The zero-order valence-corrected chi connectivity index (χ0v) is 16.0. The fraction of sp³-hybridized carbons (Fsp3) is 0.105. The van der Waals surface area contributed by atoms with E-state index in [1.165, 1.54) is 29.6 Å². The highest BCUT2D eigenvalue weighted by atomic mass is 32.1. The van der Waals surface area contributed by atoms with Crippen LogP contribution >= 0.6 is 11.3 Å². The summed E-state index contributed by atoms with van der Waals surface area (Å²) >= 11 is 1.05. The van der Waals surface area contributed by atoms with E-state index < -0.39 is 28.4 Å². The smallest absolute Gasteiger partial charge is 0.269 e. The first-order valence-corrected chi connectivity index (χ1v) is 9.45. The van der Waals surface area contributed by atoms with Crippen LogP contribution in [0.5, 0.6) is 0 Å². The van der Waals surface area contributed by atoms with Gasteiger partial charge in [0.1, 0.15) is 11.6 Å². The van der Waals surface area contributed by atoms with Crippen molar-refractivity contribution < 1.29 is 23.3 Å². The van der Waals surface area contributed by atoms with E-state index in [9.17, 15) is 28.5 Å². The second-order valence-corrected chi connectivity index (χ2v) is 6.88. The SMILES string of the molecule is O=C(CCNC(=O)c1ccc([N+](=O)[O-])cc1)Nc1nc(-c2cc(F)ccc2F)cs1. The molecule has 0 spiro atoms. The number of nitro groups is 1. The van der Waals surface area contributed by atoms with Crippen molar-refractivity contribution in [3.63, 3.8) is 0 Å². The van der Waals surface area contributed by atoms with Gasteiger partial charge in [-0.3, -0.25) is 19.7 Å². The molecule has 8 nitrogen and oxygen atoms in total. The highest BCUT2D eigenvalue weighted by molar-refractivity contribution is 7.14. The third kappa shape index (κ3) is 5.20. The molecule has 0 atom stereocenters. The molecule has 0 fully saturated rings. The molecule has 1 aromatic heterocycles. The molecule has 0 aliphatic carbocycles. The second-order valence-electron chi connectivity index (χ2n) is 6.02. The highest BCUT2D eigenvalue weighted by Gasteiger charge is 2.13. The molecule has 2 aromatic carbocycles. The second kappa shape index (κ2) is 9.18. The van der Waals surface area contributed by atoms with Crippen molar-refractivity contribution in [1.82, 2.24) is 10.3 Å². The lowest BCUT2D eigenvalue weighted by Crippen LogP contribution is -2.27. The molecule has 0 saturated carbocycles. The maximum Gasteiger partial charge on any atom is 0.269 e. The molecule has 3 aromatic rings. The van der Waals surface area contributed by atoms with Gasteiger partial charge in [0, 0.05) is 41.6 Å². The summed E-state index contributed by atoms with van der Waals surface area (Å²) in [4.78, 5) is 38.1. The van der Waals surface area contributed by atoms with Gasteiger partial charge in [-0.05, 0) is 30.3 Å². The van der Waals surface area contributed by atoms with Gasteiger partial charge in [-0.25, -0.2) is 13.8 Å². The van der Waals surface area contributed by atoms with Crippen LogP contribution in [0.15, 0.2) is 47.8 Å². The molecule has 1 heterocycles. The fourth-order valence-electron chi connectivity index (χ4n) is 2.46. The molecule has 0 bridgehead atoms. The summed E-state index contributed by atoms with van der Waals surface area (Å²) in [5.74, 6) is -2.14. The normalized spacial score (nSPS) is 10.5. The van der Waals surface area contributed by atoms with Gasteiger partial charge < -0.3 is 10.6 Å². The molecule has 2 amide bonds. The van der Waals surface area contributed by atoms with E-state index in [-0.39, 0.29) is 40.6 Å². The Hall–Kier alpha value is -3.73. The number of hydrogen-bond donors (Lipinski definition) is 2. The molecule has 11 heteroatoms. The van der Waals surface area contributed by atoms with E-state index in [0.29, 0.717) is 0 Å². The summed E-state index contributed by atoms with van der Waals surface area (Å²) in [6, 6.07) is 8.07. The molecular formula is C19H14F2N4O4S. The molecule has 0 unspecified atom stereocenters. The number of carbonyl (C=O) groups is 2. The molecule has 0 aliphatic heterocycles. The molecule has 0 saturated heterocycles. The number of anilines is 1. The van der Waals surface area contributed by atoms with E-state index >= 15 is 0 Å². The van der Waals surface area contributed by atoms with Crippen LogP contribution in [0, 0.1) is 21.7 Å². The lowest BCUT2D eigenvalue weighted by Gasteiger charge is -2.05. The van der Waals surface area contributed by atoms with E-state index in [0.717, 1.165) is 29.5 Å². The highest BCUT2D eigenvalue weighted by Crippen LogP contribution is 2.27. The number of rotatable bonds is 7. The Labute approximate surface area is 172 Å². The minimum atomic E-state index is -0.631. The van der Waals surface area contributed by atoms with Crippen molar-refractivity contribution >= 4 is 34.0 Å². The number of thiazole rings is 1. The molecule has 0 aliphatic rings. The Morgan fingerprint density at radius 1 is 1.13 bits per heavy atom. The summed E-state index contributed by atoms with van der Waals surface area (Å²) in [6.45, 7) is 0.0262. The van der Waals surface area contributed by atoms with E-state index in [1.807, 2.05) is 0 Å². The molecular weight excluding hydrogens is 418 g/mol. The van der Waals surface area contributed by atoms with E-state index in [1.54, 1.807) is 0 Å². The third-order valence-corrected chi connectivity index (χ3v) is 4.69. The average Bonchev–Trinajstić information content (AvgIpc) is 3.17. The van der Waals surface area contributed by atoms with E-state index in [2.05, 4.69) is 15.6 Å². The Morgan fingerprint density at radius 2 is 1.87 bits per heavy atom. The maximum absolute atomic E-state index is 13.8. The maximum atomic E-state index is 13.8. The summed E-state index contributed by atoms with van der Waals surface area (Å²) < 4.78 is 27.1. The number of benzene rings is 2. The quantitative estimate of drug-likeness (QED) is 0.436. The first-order valence-electron chi connectivity index (χ1n) is 8.57. The molecule has 3 rings (SSSR count). The first-order chi connectivity index (χ1) is 14.3. The number of nitrogens with one attached hydrogen (secondary N) is 2. The van der Waals surface area contributed by atoms with Crippen molar-refractivity contribution in [2.45, 2.75) is 6.42 Å². The Balaban J connectivity index is 1.50. The van der Waals surface area contributed by atoms with Crippen molar-refractivity contribution in [1.29, 1.82) is 0 Å². The number of halogens is 2. The Bertz CT molecular complexity index is 1100. The van der Waals surface area contributed by atoms with Crippen LogP contribution in [0.4, 0.5) is 19.6 Å². The van der Waals surface area contributed by atoms with Crippen LogP contribution in [0.3, 0.4) is 0 Å². The van der Waals surface area contributed by atoms with Gasteiger partial charge in [0.05, 0.1) is 10.6 Å². The molecule has 0 radical (unpaired) electrons. The number of non-ortho nitro benzene ring substituents is 1. The van der Waals surface area contributed by atoms with Gasteiger partial charge in [0.15, 0.2) is 5.13 Å². The largest absolute Gasteiger partial charge is 0.352 e. The minimum Gasteiger partial charge on any atom is -0.352 e. The lowest BCUT2D eigenvalue weighted by molar-refractivity contribution is -0.384. The van der Waals surface area contributed by atoms with Crippen LogP contribution in [-0.4, -0.2) is 28.3 Å². The predicted octanol–water partition coefficient (Wildman–Crippen LogP) is 3.76. The van der Waals surface area contributed by atoms with Gasteiger partial charge in [-0.2, -0.15) is 0 Å². The van der Waals surface area contributed by atoms with Crippen LogP contribution in [0.2, 0.25) is 0 Å². The zero-order chi connectivity index (χ0) is 21.7. The van der Waals surface area contributed by atoms with E-state index in [4.69, 9.17) is 0 Å². The average molecular weight is 432 g/mol. The summed E-state index contributed by atoms with van der Waals surface area (Å²) in [6.07, 6.45) is -0.0536. The summed E-state index contributed by atoms with van der Waals surface area (Å²) in [7, 11) is 0. The van der Waals surface area contributed by atoms with Crippen molar-refractivity contribution in [3.8, 4) is 11.3 Å². The van der Waals surface area contributed by atoms with Crippen LogP contribution in [0.1, 0.15) is 16.8 Å². The molecule has 30 heavy (non-hydrogen) atoms. The van der Waals surface area contributed by atoms with Crippen LogP contribution < -0.4 is 10.6 Å². The van der Waals surface area contributed by atoms with Crippen LogP contribution in [0.25, 0.3) is 11.3 Å². The molecule has 2 N–H and O–H groups in total. The van der Waals surface area contributed by atoms with Gasteiger partial charge >= 0.3 is 0 Å². The van der Waals surface area contributed by atoms with Crippen molar-refractivity contribution in [2.24, 2.45) is 0 Å². The number of aromatic nitrogens is 1. The van der Waals surface area contributed by atoms with Gasteiger partial charge in [0.2, 0.25) is 5.91 Å². The number of carbonyl (C=O) groups excluding carboxylic acids is 2. The van der Waals surface area contributed by atoms with Gasteiger partial charge in [-0.1, -0.05) is 0 Å². The van der Waals surface area contributed by atoms with Crippen molar-refractivity contribution in [2.75, 3.05) is 11.9 Å². The number of hydrogen-bond acceptors (Lipinski definition) is 6. The lowest BCUT2D eigenvalue weighted by atomic mass is 10.1. The number of amides is 2. The van der Waals surface area contributed by atoms with Gasteiger partial charge in [0.25, 0.3) is 11.6 Å². The third-order valence-electron chi connectivity index (χ3n) is 3.93.